The maximum absolute atomic E-state index is 13.1. The van der Waals surface area contributed by atoms with Crippen LogP contribution in [0.1, 0.15) is 65.8 Å². The van der Waals surface area contributed by atoms with Gasteiger partial charge in [-0.05, 0) is 55.4 Å². The maximum atomic E-state index is 13.1. The number of imide groups is 1. The molecule has 0 unspecified atom stereocenters. The number of H-pyrrole nitrogens is 1. The molecule has 0 bridgehead atoms. The van der Waals surface area contributed by atoms with Gasteiger partial charge in [0.1, 0.15) is 0 Å². The normalized spacial score (nSPS) is 14.6. The molecule has 4 rings (SSSR count). The summed E-state index contributed by atoms with van der Waals surface area (Å²) in [5.74, 6) is -1.11. The van der Waals surface area contributed by atoms with Crippen LogP contribution in [0.15, 0.2) is 54.7 Å². The number of aromatic nitrogens is 1. The number of unbranched alkanes of at least 4 members (excludes halogenated alkanes) is 1. The molecule has 2 heterocycles. The number of hydrogen-bond acceptors (Lipinski definition) is 5. The number of nitrogens with one attached hydrogen (secondary N) is 3. The molecule has 4 amide bonds. The van der Waals surface area contributed by atoms with Gasteiger partial charge in [-0.15, -0.1) is 12.6 Å². The van der Waals surface area contributed by atoms with E-state index in [4.69, 9.17) is 0 Å². The van der Waals surface area contributed by atoms with Crippen LogP contribution in [0.2, 0.25) is 0 Å². The number of nitrogens with zero attached hydrogens (tertiary/aromatic N) is 1. The summed E-state index contributed by atoms with van der Waals surface area (Å²) in [7, 11) is 0. The van der Waals surface area contributed by atoms with Crippen molar-refractivity contribution in [3.8, 4) is 0 Å². The number of rotatable bonds is 12. The van der Waals surface area contributed by atoms with Gasteiger partial charge in [-0.2, -0.15) is 0 Å². The third kappa shape index (κ3) is 6.10. The summed E-state index contributed by atoms with van der Waals surface area (Å²) < 4.78 is 0. The Bertz CT molecular complexity index is 1320. The lowest BCUT2D eigenvalue weighted by atomic mass is 10.0. The largest absolute Gasteiger partial charge is 0.361 e. The van der Waals surface area contributed by atoms with Crippen LogP contribution in [-0.2, 0) is 16.0 Å². The van der Waals surface area contributed by atoms with E-state index in [0.717, 1.165) is 16.5 Å². The fourth-order valence-electron chi connectivity index (χ4n) is 4.88. The van der Waals surface area contributed by atoms with Crippen LogP contribution in [-0.4, -0.2) is 51.5 Å². The molecule has 8 nitrogen and oxygen atoms in total. The molecule has 0 fully saturated rings. The molecule has 0 saturated heterocycles. The van der Waals surface area contributed by atoms with Crippen LogP contribution in [0.3, 0.4) is 0 Å². The second kappa shape index (κ2) is 11.9. The Balaban J connectivity index is 1.26. The van der Waals surface area contributed by atoms with E-state index < -0.39 is 4.87 Å². The van der Waals surface area contributed by atoms with Gasteiger partial charge in [0.05, 0.1) is 11.1 Å². The van der Waals surface area contributed by atoms with Crippen molar-refractivity contribution in [2.75, 3.05) is 13.1 Å². The van der Waals surface area contributed by atoms with Crippen molar-refractivity contribution >= 4 is 47.2 Å². The molecule has 1 aliphatic rings. The van der Waals surface area contributed by atoms with Gasteiger partial charge in [0.25, 0.3) is 17.7 Å². The van der Waals surface area contributed by atoms with Crippen molar-refractivity contribution in [1.82, 2.24) is 20.5 Å². The Morgan fingerprint density at radius 3 is 2.34 bits per heavy atom. The average Bonchev–Trinajstić information content (AvgIpc) is 3.40. The van der Waals surface area contributed by atoms with Gasteiger partial charge >= 0.3 is 0 Å². The fourth-order valence-corrected chi connectivity index (χ4v) is 5.45. The zero-order valence-corrected chi connectivity index (χ0v) is 22.6. The highest BCUT2D eigenvalue weighted by atomic mass is 32.1. The molecule has 0 aliphatic carbocycles. The predicted molar refractivity (Wildman–Crippen MR) is 150 cm³/mol. The number of fused-ring (bicyclic) bond motifs is 2. The molecule has 9 heteroatoms. The van der Waals surface area contributed by atoms with Crippen molar-refractivity contribution in [2.45, 2.75) is 50.8 Å². The predicted octanol–water partition coefficient (Wildman–Crippen LogP) is 4.08. The highest BCUT2D eigenvalue weighted by molar-refractivity contribution is 7.82. The first-order valence-electron chi connectivity index (χ1n) is 13.0. The van der Waals surface area contributed by atoms with Gasteiger partial charge in [0, 0.05) is 36.6 Å². The van der Waals surface area contributed by atoms with Crippen LogP contribution in [0.4, 0.5) is 0 Å². The molecule has 1 aromatic heterocycles. The van der Waals surface area contributed by atoms with Crippen LogP contribution < -0.4 is 10.6 Å². The lowest BCUT2D eigenvalue weighted by molar-refractivity contribution is -0.130. The summed E-state index contributed by atoms with van der Waals surface area (Å²) in [6.45, 7) is 4.60. The summed E-state index contributed by atoms with van der Waals surface area (Å²) in [5.41, 5.74) is 2.99. The minimum atomic E-state index is -1.34. The van der Waals surface area contributed by atoms with Crippen LogP contribution in [0.25, 0.3) is 10.9 Å². The Hall–Kier alpha value is -3.59. The number of thiol groups is 1. The van der Waals surface area contributed by atoms with E-state index in [2.05, 4.69) is 28.2 Å². The molecule has 1 aliphatic heterocycles. The quantitative estimate of drug-likeness (QED) is 0.121. The highest BCUT2D eigenvalue weighted by Crippen LogP contribution is 2.24. The Morgan fingerprint density at radius 2 is 1.66 bits per heavy atom. The molecular weight excluding hydrogens is 500 g/mol. The SMILES string of the molecule is CC(C)C[C@](S)(NC(=O)CCCCN1C(=O)c2ccccc2C1=O)C(=O)NCCc1c[nH]c2ccccc12. The molecule has 3 N–H and O–H groups in total. The van der Waals surface area contributed by atoms with E-state index >= 15 is 0 Å². The zero-order chi connectivity index (χ0) is 27.3. The first-order chi connectivity index (χ1) is 18.2. The third-order valence-electron chi connectivity index (χ3n) is 6.69. The molecule has 0 saturated carbocycles. The lowest BCUT2D eigenvalue weighted by Gasteiger charge is -2.30. The van der Waals surface area contributed by atoms with Crippen LogP contribution in [0.5, 0.6) is 0 Å². The Morgan fingerprint density at radius 1 is 1.00 bits per heavy atom. The smallest absolute Gasteiger partial charge is 0.261 e. The van der Waals surface area contributed by atoms with Gasteiger partial charge < -0.3 is 15.6 Å². The number of carbonyl (C=O) groups is 4. The minimum Gasteiger partial charge on any atom is -0.361 e. The summed E-state index contributed by atoms with van der Waals surface area (Å²) in [6.07, 6.45) is 4.07. The average molecular weight is 535 g/mol. The second-order valence-electron chi connectivity index (χ2n) is 10.1. The molecule has 3 aromatic rings. The Labute approximate surface area is 228 Å². The first-order valence-corrected chi connectivity index (χ1v) is 13.5. The molecule has 2 aromatic carbocycles. The van der Waals surface area contributed by atoms with Gasteiger partial charge in [0.15, 0.2) is 4.87 Å². The topological polar surface area (TPSA) is 111 Å². The minimum absolute atomic E-state index is 0.126. The van der Waals surface area contributed by atoms with Gasteiger partial charge in [-0.1, -0.05) is 44.2 Å². The van der Waals surface area contributed by atoms with E-state index in [1.165, 1.54) is 4.90 Å². The molecular formula is C29H34N4O4S. The number of amides is 4. The summed E-state index contributed by atoms with van der Waals surface area (Å²) in [5, 5.41) is 6.87. The molecule has 38 heavy (non-hydrogen) atoms. The Kier molecular flexibility index (Phi) is 8.56. The monoisotopic (exact) mass is 534 g/mol. The van der Waals surface area contributed by atoms with E-state index in [9.17, 15) is 19.2 Å². The van der Waals surface area contributed by atoms with Gasteiger partial charge in [-0.25, -0.2) is 0 Å². The van der Waals surface area contributed by atoms with E-state index in [0.29, 0.717) is 43.4 Å². The number of benzene rings is 2. The first kappa shape index (κ1) is 27.4. The van der Waals surface area contributed by atoms with Crippen molar-refractivity contribution in [3.63, 3.8) is 0 Å². The molecule has 1 atom stereocenters. The standard InChI is InChI=1S/C29H34N4O4S/c1-19(2)17-29(38,28(37)30-15-14-20-18-31-24-12-6-5-9-21(20)24)32-25(34)13-7-8-16-33-26(35)22-10-3-4-11-23(22)27(33)36/h3-6,9-12,18-19,31,38H,7-8,13-17H2,1-2H3,(H,30,37)(H,32,34)/t29-/m1/s1. The van der Waals surface area contributed by atoms with E-state index in [1.807, 2.05) is 44.3 Å². The summed E-state index contributed by atoms with van der Waals surface area (Å²) in [4.78, 5) is 54.0. The highest BCUT2D eigenvalue weighted by Gasteiger charge is 2.37. The number of hydrogen-bond donors (Lipinski definition) is 4. The maximum Gasteiger partial charge on any atom is 0.261 e. The van der Waals surface area contributed by atoms with Crippen molar-refractivity contribution < 1.29 is 19.2 Å². The van der Waals surface area contributed by atoms with Crippen molar-refractivity contribution in [3.05, 3.63) is 71.4 Å². The van der Waals surface area contributed by atoms with Crippen LogP contribution >= 0.6 is 12.6 Å². The summed E-state index contributed by atoms with van der Waals surface area (Å²) >= 11 is 4.62. The third-order valence-corrected chi connectivity index (χ3v) is 7.19. The van der Waals surface area contributed by atoms with E-state index in [-0.39, 0.29) is 42.5 Å². The number of aromatic amines is 1. The van der Waals surface area contributed by atoms with E-state index in [1.54, 1.807) is 24.3 Å². The van der Waals surface area contributed by atoms with Crippen LogP contribution in [0, 0.1) is 5.92 Å². The number of carbonyl (C=O) groups excluding carboxylic acids is 4. The molecule has 200 valence electrons. The second-order valence-corrected chi connectivity index (χ2v) is 10.9. The number of para-hydroxylation sites is 1. The van der Waals surface area contributed by atoms with Gasteiger partial charge in [-0.3, -0.25) is 24.1 Å². The van der Waals surface area contributed by atoms with Gasteiger partial charge in [0.2, 0.25) is 5.91 Å². The molecule has 0 spiro atoms. The van der Waals surface area contributed by atoms with Crippen molar-refractivity contribution in [1.29, 1.82) is 0 Å². The molecule has 0 radical (unpaired) electrons. The lowest BCUT2D eigenvalue weighted by Crippen LogP contribution is -2.56. The summed E-state index contributed by atoms with van der Waals surface area (Å²) in [6, 6.07) is 14.8. The zero-order valence-electron chi connectivity index (χ0n) is 21.8. The van der Waals surface area contributed by atoms with Crippen molar-refractivity contribution in [2.24, 2.45) is 5.92 Å². The fraction of sp³-hybridized carbons (Fsp3) is 0.379.